The Morgan fingerprint density at radius 3 is 2.95 bits per heavy atom. The number of carbonyl (C=O) groups excluding carboxylic acids is 1. The van der Waals surface area contributed by atoms with Crippen molar-refractivity contribution in [1.29, 1.82) is 0 Å². The lowest BCUT2D eigenvalue weighted by atomic mass is 10.1. The van der Waals surface area contributed by atoms with Crippen molar-refractivity contribution in [3.8, 4) is 0 Å². The largest absolute Gasteiger partial charge is 0.377 e. The highest BCUT2D eigenvalue weighted by Gasteiger charge is 2.07. The fraction of sp³-hybridized carbons (Fsp3) is 0.375. The van der Waals surface area contributed by atoms with Crippen molar-refractivity contribution in [2.24, 2.45) is 0 Å². The molecule has 0 bridgehead atoms. The summed E-state index contributed by atoms with van der Waals surface area (Å²) in [7, 11) is 1.66. The van der Waals surface area contributed by atoms with Gasteiger partial charge in [-0.2, -0.15) is 0 Å². The molecule has 22 heavy (non-hydrogen) atoms. The predicted octanol–water partition coefficient (Wildman–Crippen LogP) is 3.73. The average molecular weight is 319 g/mol. The maximum Gasteiger partial charge on any atom is 0.319 e. The molecule has 0 spiro atoms. The van der Waals surface area contributed by atoms with Crippen molar-refractivity contribution >= 4 is 23.1 Å². The van der Waals surface area contributed by atoms with Crippen LogP contribution in [0.3, 0.4) is 0 Å². The number of nitrogens with zero attached hydrogens (tertiary/aromatic N) is 1. The molecular weight excluding hydrogens is 298 g/mol. The molecule has 0 aliphatic rings. The molecule has 1 atom stereocenters. The van der Waals surface area contributed by atoms with Crippen LogP contribution in [0.2, 0.25) is 0 Å². The molecule has 0 fully saturated rings. The second-order valence-corrected chi connectivity index (χ2v) is 6.08. The number of aromatic nitrogens is 1. The zero-order chi connectivity index (χ0) is 15.9. The van der Waals surface area contributed by atoms with Gasteiger partial charge in [-0.1, -0.05) is 19.1 Å². The number of thiazole rings is 1. The van der Waals surface area contributed by atoms with Gasteiger partial charge < -0.3 is 15.4 Å². The highest BCUT2D eigenvalue weighted by molar-refractivity contribution is 7.11. The van der Waals surface area contributed by atoms with Gasteiger partial charge in [0, 0.05) is 23.9 Å². The van der Waals surface area contributed by atoms with Crippen molar-refractivity contribution in [2.45, 2.75) is 32.9 Å². The number of carbonyl (C=O) groups is 1. The summed E-state index contributed by atoms with van der Waals surface area (Å²) in [6.45, 7) is 4.49. The number of anilines is 1. The Morgan fingerprint density at radius 1 is 1.45 bits per heavy atom. The first-order chi connectivity index (χ1) is 10.6. The molecule has 2 rings (SSSR count). The Morgan fingerprint density at radius 2 is 2.27 bits per heavy atom. The number of nitrogens with one attached hydrogen (secondary N) is 2. The number of rotatable bonds is 6. The third-order valence-corrected chi connectivity index (χ3v) is 4.46. The molecule has 1 aromatic heterocycles. The third kappa shape index (κ3) is 4.54. The van der Waals surface area contributed by atoms with Crippen molar-refractivity contribution in [3.63, 3.8) is 0 Å². The monoisotopic (exact) mass is 319 g/mol. The number of benzene rings is 1. The molecule has 2 amide bonds. The van der Waals surface area contributed by atoms with E-state index in [1.807, 2.05) is 37.4 Å². The number of ether oxygens (including phenoxy) is 1. The van der Waals surface area contributed by atoms with E-state index in [4.69, 9.17) is 4.74 Å². The Hall–Kier alpha value is -1.92. The molecule has 6 heteroatoms. The second kappa shape index (κ2) is 7.91. The SMILES string of the molecule is CCc1cnc(CNC(=O)Nc2cccc([C@@H](C)OC)c2)s1. The molecule has 0 saturated carbocycles. The van der Waals surface area contributed by atoms with Crippen LogP contribution < -0.4 is 10.6 Å². The Kier molecular flexibility index (Phi) is 5.91. The van der Waals surface area contributed by atoms with Gasteiger partial charge in [0.15, 0.2) is 0 Å². The molecule has 118 valence electrons. The number of amides is 2. The van der Waals surface area contributed by atoms with E-state index in [0.717, 1.165) is 22.7 Å². The van der Waals surface area contributed by atoms with Crippen molar-refractivity contribution in [1.82, 2.24) is 10.3 Å². The lowest BCUT2D eigenvalue weighted by Gasteiger charge is -2.12. The molecule has 0 saturated heterocycles. The zero-order valence-electron chi connectivity index (χ0n) is 13.1. The van der Waals surface area contributed by atoms with E-state index in [9.17, 15) is 4.79 Å². The number of methoxy groups -OCH3 is 1. The number of aryl methyl sites for hydroxylation is 1. The second-order valence-electron chi connectivity index (χ2n) is 4.88. The minimum absolute atomic E-state index is 0.00686. The van der Waals surface area contributed by atoms with E-state index < -0.39 is 0 Å². The first kappa shape index (κ1) is 16.5. The average Bonchev–Trinajstić information content (AvgIpc) is 3.00. The van der Waals surface area contributed by atoms with Crippen molar-refractivity contribution in [2.75, 3.05) is 12.4 Å². The summed E-state index contributed by atoms with van der Waals surface area (Å²) < 4.78 is 5.28. The van der Waals surface area contributed by atoms with E-state index in [0.29, 0.717) is 6.54 Å². The van der Waals surface area contributed by atoms with Crippen LogP contribution in [-0.2, 0) is 17.7 Å². The summed E-state index contributed by atoms with van der Waals surface area (Å²) in [4.78, 5) is 17.4. The summed E-state index contributed by atoms with van der Waals surface area (Å²) in [6.07, 6.45) is 2.82. The highest BCUT2D eigenvalue weighted by Crippen LogP contribution is 2.19. The highest BCUT2D eigenvalue weighted by atomic mass is 32.1. The maximum absolute atomic E-state index is 11.9. The van der Waals surface area contributed by atoms with Gasteiger partial charge in [-0.15, -0.1) is 11.3 Å². The maximum atomic E-state index is 11.9. The molecule has 1 aromatic carbocycles. The van der Waals surface area contributed by atoms with Crippen molar-refractivity contribution in [3.05, 3.63) is 45.9 Å². The summed E-state index contributed by atoms with van der Waals surface area (Å²) >= 11 is 1.62. The molecular formula is C16H21N3O2S. The van der Waals surface area contributed by atoms with Gasteiger partial charge in [-0.05, 0) is 31.0 Å². The van der Waals surface area contributed by atoms with Gasteiger partial charge in [0.25, 0.3) is 0 Å². The molecule has 0 unspecified atom stereocenters. The number of urea groups is 1. The fourth-order valence-electron chi connectivity index (χ4n) is 1.93. The standard InChI is InChI=1S/C16H21N3O2S/c1-4-14-9-17-15(22-14)10-18-16(20)19-13-7-5-6-12(8-13)11(2)21-3/h5-9,11H,4,10H2,1-3H3,(H2,18,19,20)/t11-/m1/s1. The van der Waals surface area contributed by atoms with Crippen LogP contribution in [0.4, 0.5) is 10.5 Å². The van der Waals surface area contributed by atoms with Crippen LogP contribution in [-0.4, -0.2) is 18.1 Å². The Bertz CT molecular complexity index is 627. The van der Waals surface area contributed by atoms with Crippen LogP contribution in [0.15, 0.2) is 30.5 Å². The van der Waals surface area contributed by atoms with Crippen molar-refractivity contribution < 1.29 is 9.53 Å². The molecule has 2 N–H and O–H groups in total. The number of hydrogen-bond donors (Lipinski definition) is 2. The molecule has 0 radical (unpaired) electrons. The predicted molar refractivity (Wildman–Crippen MR) is 89.2 cm³/mol. The lowest BCUT2D eigenvalue weighted by Crippen LogP contribution is -2.28. The first-order valence-corrected chi connectivity index (χ1v) is 8.05. The molecule has 5 nitrogen and oxygen atoms in total. The van der Waals surface area contributed by atoms with Crippen LogP contribution in [0, 0.1) is 0 Å². The minimum atomic E-state index is -0.240. The zero-order valence-corrected chi connectivity index (χ0v) is 13.9. The van der Waals surface area contributed by atoms with Crippen LogP contribution in [0.25, 0.3) is 0 Å². The molecule has 0 aliphatic heterocycles. The summed E-state index contributed by atoms with van der Waals surface area (Å²) in [5, 5.41) is 6.55. The van der Waals surface area contributed by atoms with E-state index in [2.05, 4.69) is 22.5 Å². The van der Waals surface area contributed by atoms with E-state index in [1.165, 1.54) is 4.88 Å². The normalized spacial score (nSPS) is 12.0. The van der Waals surface area contributed by atoms with Crippen LogP contribution in [0.5, 0.6) is 0 Å². The smallest absolute Gasteiger partial charge is 0.319 e. The van der Waals surface area contributed by atoms with Gasteiger partial charge in [-0.25, -0.2) is 9.78 Å². The number of hydrogen-bond acceptors (Lipinski definition) is 4. The minimum Gasteiger partial charge on any atom is -0.377 e. The van der Waals surface area contributed by atoms with E-state index in [1.54, 1.807) is 18.4 Å². The van der Waals surface area contributed by atoms with E-state index in [-0.39, 0.29) is 12.1 Å². The molecule has 2 aromatic rings. The quantitative estimate of drug-likeness (QED) is 0.852. The lowest BCUT2D eigenvalue weighted by molar-refractivity contribution is 0.119. The Labute approximate surface area is 134 Å². The summed E-state index contributed by atoms with van der Waals surface area (Å²) in [5.74, 6) is 0. The van der Waals surface area contributed by atoms with Crippen LogP contribution in [0.1, 0.15) is 35.4 Å². The molecule has 1 heterocycles. The van der Waals surface area contributed by atoms with Gasteiger partial charge in [0.05, 0.1) is 12.6 Å². The summed E-state index contributed by atoms with van der Waals surface area (Å²) in [6, 6.07) is 7.39. The first-order valence-electron chi connectivity index (χ1n) is 7.23. The van der Waals surface area contributed by atoms with Gasteiger partial charge in [0.1, 0.15) is 5.01 Å². The van der Waals surface area contributed by atoms with Crippen LogP contribution >= 0.6 is 11.3 Å². The van der Waals surface area contributed by atoms with E-state index >= 15 is 0 Å². The van der Waals surface area contributed by atoms with Gasteiger partial charge in [0.2, 0.25) is 0 Å². The fourth-order valence-corrected chi connectivity index (χ4v) is 2.73. The molecule has 0 aliphatic carbocycles. The third-order valence-electron chi connectivity index (χ3n) is 3.32. The summed E-state index contributed by atoms with van der Waals surface area (Å²) in [5.41, 5.74) is 1.76. The van der Waals surface area contributed by atoms with Gasteiger partial charge in [-0.3, -0.25) is 0 Å². The Balaban J connectivity index is 1.89. The topological polar surface area (TPSA) is 63.2 Å². The van der Waals surface area contributed by atoms with Gasteiger partial charge >= 0.3 is 6.03 Å².